The van der Waals surface area contributed by atoms with Crippen molar-refractivity contribution in [1.29, 1.82) is 0 Å². The van der Waals surface area contributed by atoms with Crippen LogP contribution in [0.4, 0.5) is 4.39 Å². The van der Waals surface area contributed by atoms with Crippen LogP contribution in [0.5, 0.6) is 0 Å². The van der Waals surface area contributed by atoms with Gasteiger partial charge in [0.2, 0.25) is 5.91 Å². The van der Waals surface area contributed by atoms with Crippen LogP contribution in [0.15, 0.2) is 48.8 Å². The first-order valence-electron chi connectivity index (χ1n) is 8.96. The molecule has 6 heteroatoms. The van der Waals surface area contributed by atoms with Gasteiger partial charge in [0.15, 0.2) is 0 Å². The normalized spacial score (nSPS) is 16.2. The first-order chi connectivity index (χ1) is 12.7. The maximum Gasteiger partial charge on any atom is 0.220 e. The van der Waals surface area contributed by atoms with Gasteiger partial charge in [-0.05, 0) is 29.7 Å². The second-order valence-corrected chi connectivity index (χ2v) is 6.35. The molecule has 26 heavy (non-hydrogen) atoms. The van der Waals surface area contributed by atoms with Gasteiger partial charge in [0.25, 0.3) is 0 Å². The predicted octanol–water partition coefficient (Wildman–Crippen LogP) is 2.34. The average Bonchev–Trinajstić information content (AvgIpc) is 2.69. The average molecular weight is 357 g/mol. The third-order valence-electron chi connectivity index (χ3n) is 4.63. The molecule has 0 saturated carbocycles. The monoisotopic (exact) mass is 357 g/mol. The highest BCUT2D eigenvalue weighted by atomic mass is 19.1. The number of carbonyl (C=O) groups excluding carboxylic acids is 1. The van der Waals surface area contributed by atoms with Crippen molar-refractivity contribution in [2.75, 3.05) is 32.8 Å². The van der Waals surface area contributed by atoms with E-state index in [2.05, 4.69) is 15.2 Å². The quantitative estimate of drug-likeness (QED) is 0.826. The Bertz CT molecular complexity index is 705. The van der Waals surface area contributed by atoms with Crippen molar-refractivity contribution in [3.8, 4) is 0 Å². The number of carbonyl (C=O) groups is 1. The van der Waals surface area contributed by atoms with E-state index in [4.69, 9.17) is 4.74 Å². The number of hydrogen-bond donors (Lipinski definition) is 1. The van der Waals surface area contributed by atoms with Crippen LogP contribution < -0.4 is 5.32 Å². The molecule has 1 aromatic heterocycles. The fraction of sp³-hybridized carbons (Fsp3) is 0.400. The van der Waals surface area contributed by atoms with Gasteiger partial charge in [-0.15, -0.1) is 0 Å². The Kier molecular flexibility index (Phi) is 6.68. The molecule has 0 spiro atoms. The third kappa shape index (κ3) is 5.09. The van der Waals surface area contributed by atoms with Crippen molar-refractivity contribution >= 4 is 5.91 Å². The topological polar surface area (TPSA) is 54.5 Å². The number of rotatable bonds is 7. The first kappa shape index (κ1) is 18.5. The molecule has 2 aromatic rings. The summed E-state index contributed by atoms with van der Waals surface area (Å²) >= 11 is 0. The molecule has 138 valence electrons. The maximum atomic E-state index is 13.7. The molecule has 2 heterocycles. The number of nitrogens with one attached hydrogen (secondary N) is 1. The molecule has 1 aliphatic rings. The van der Waals surface area contributed by atoms with Crippen LogP contribution in [0.1, 0.15) is 23.6 Å². The molecular weight excluding hydrogens is 333 g/mol. The van der Waals surface area contributed by atoms with E-state index in [0.717, 1.165) is 18.7 Å². The molecule has 1 saturated heterocycles. The first-order valence-corrected chi connectivity index (χ1v) is 8.96. The van der Waals surface area contributed by atoms with Crippen molar-refractivity contribution < 1.29 is 13.9 Å². The SMILES string of the molecule is O=C(CCc1ccccc1F)NCC(c1cccnc1)N1CCOCC1. The number of amides is 1. The number of halogens is 1. The number of pyridine rings is 1. The van der Waals surface area contributed by atoms with E-state index in [9.17, 15) is 9.18 Å². The van der Waals surface area contributed by atoms with Gasteiger partial charge in [0.1, 0.15) is 5.82 Å². The molecule has 1 amide bonds. The summed E-state index contributed by atoms with van der Waals surface area (Å²) < 4.78 is 19.1. The molecular formula is C20H24FN3O2. The summed E-state index contributed by atoms with van der Waals surface area (Å²) in [7, 11) is 0. The molecule has 1 atom stereocenters. The zero-order chi connectivity index (χ0) is 18.2. The molecule has 0 radical (unpaired) electrons. The fourth-order valence-electron chi connectivity index (χ4n) is 3.17. The van der Waals surface area contributed by atoms with Crippen LogP contribution in [0.25, 0.3) is 0 Å². The summed E-state index contributed by atoms with van der Waals surface area (Å²) in [6, 6.07) is 10.6. The zero-order valence-electron chi connectivity index (χ0n) is 14.7. The molecule has 1 aliphatic heterocycles. The Morgan fingerprint density at radius 1 is 1.23 bits per heavy atom. The molecule has 0 aliphatic carbocycles. The fourth-order valence-corrected chi connectivity index (χ4v) is 3.17. The zero-order valence-corrected chi connectivity index (χ0v) is 14.7. The van der Waals surface area contributed by atoms with Crippen molar-refractivity contribution in [1.82, 2.24) is 15.2 Å². The number of aromatic nitrogens is 1. The number of benzene rings is 1. The summed E-state index contributed by atoms with van der Waals surface area (Å²) in [6.45, 7) is 3.53. The lowest BCUT2D eigenvalue weighted by Crippen LogP contribution is -2.43. The standard InChI is InChI=1S/C20H24FN3O2/c21-18-6-2-1-4-16(18)7-8-20(25)23-15-19(17-5-3-9-22-14-17)24-10-12-26-13-11-24/h1-6,9,14,19H,7-8,10-13,15H2,(H,23,25). The maximum absolute atomic E-state index is 13.7. The summed E-state index contributed by atoms with van der Waals surface area (Å²) in [6.07, 6.45) is 4.25. The van der Waals surface area contributed by atoms with Crippen molar-refractivity contribution in [2.24, 2.45) is 0 Å². The number of hydrogen-bond acceptors (Lipinski definition) is 4. The van der Waals surface area contributed by atoms with Gasteiger partial charge < -0.3 is 10.1 Å². The van der Waals surface area contributed by atoms with Gasteiger partial charge in [0, 0.05) is 38.4 Å². The molecule has 1 unspecified atom stereocenters. The van der Waals surface area contributed by atoms with E-state index >= 15 is 0 Å². The van der Waals surface area contributed by atoms with Crippen molar-refractivity contribution in [3.63, 3.8) is 0 Å². The van der Waals surface area contributed by atoms with Crippen molar-refractivity contribution in [3.05, 3.63) is 65.7 Å². The van der Waals surface area contributed by atoms with Gasteiger partial charge in [-0.2, -0.15) is 0 Å². The van der Waals surface area contributed by atoms with Crippen LogP contribution in [0, 0.1) is 5.82 Å². The minimum absolute atomic E-state index is 0.0602. The number of nitrogens with zero attached hydrogens (tertiary/aromatic N) is 2. The summed E-state index contributed by atoms with van der Waals surface area (Å²) in [5.41, 5.74) is 1.64. The Morgan fingerprint density at radius 2 is 2.04 bits per heavy atom. The second-order valence-electron chi connectivity index (χ2n) is 6.35. The largest absolute Gasteiger partial charge is 0.379 e. The molecule has 1 fully saturated rings. The van der Waals surface area contributed by atoms with Gasteiger partial charge in [-0.3, -0.25) is 14.7 Å². The van der Waals surface area contributed by atoms with E-state index in [1.54, 1.807) is 24.4 Å². The number of ether oxygens (including phenoxy) is 1. The Morgan fingerprint density at radius 3 is 2.77 bits per heavy atom. The van der Waals surface area contributed by atoms with Crippen LogP contribution in [0.2, 0.25) is 0 Å². The smallest absolute Gasteiger partial charge is 0.220 e. The van der Waals surface area contributed by atoms with Crippen LogP contribution in [-0.4, -0.2) is 48.6 Å². The minimum atomic E-state index is -0.262. The van der Waals surface area contributed by atoms with E-state index in [0.29, 0.717) is 31.7 Å². The Labute approximate surface area is 153 Å². The van der Waals surface area contributed by atoms with Gasteiger partial charge >= 0.3 is 0 Å². The van der Waals surface area contributed by atoms with Crippen LogP contribution in [-0.2, 0) is 16.0 Å². The van der Waals surface area contributed by atoms with E-state index < -0.39 is 0 Å². The highest BCUT2D eigenvalue weighted by molar-refractivity contribution is 5.76. The van der Waals surface area contributed by atoms with Gasteiger partial charge in [0.05, 0.1) is 19.3 Å². The van der Waals surface area contributed by atoms with Gasteiger partial charge in [-0.1, -0.05) is 24.3 Å². The number of morpholine rings is 1. The summed E-state index contributed by atoms with van der Waals surface area (Å²) in [4.78, 5) is 18.8. The summed E-state index contributed by atoms with van der Waals surface area (Å²) in [5, 5.41) is 3.00. The van der Waals surface area contributed by atoms with E-state index in [1.807, 2.05) is 18.3 Å². The minimum Gasteiger partial charge on any atom is -0.379 e. The van der Waals surface area contributed by atoms with Crippen LogP contribution in [0.3, 0.4) is 0 Å². The van der Waals surface area contributed by atoms with Crippen molar-refractivity contribution in [2.45, 2.75) is 18.9 Å². The highest BCUT2D eigenvalue weighted by Crippen LogP contribution is 2.20. The molecule has 3 rings (SSSR count). The van der Waals surface area contributed by atoms with E-state index in [1.165, 1.54) is 6.07 Å². The Balaban J connectivity index is 1.56. The summed E-state index contributed by atoms with van der Waals surface area (Å²) in [5.74, 6) is -0.336. The lowest BCUT2D eigenvalue weighted by atomic mass is 10.1. The van der Waals surface area contributed by atoms with E-state index in [-0.39, 0.29) is 24.2 Å². The molecule has 0 bridgehead atoms. The highest BCUT2D eigenvalue weighted by Gasteiger charge is 2.23. The second kappa shape index (κ2) is 9.40. The van der Waals surface area contributed by atoms with Gasteiger partial charge in [-0.25, -0.2) is 4.39 Å². The molecule has 1 N–H and O–H groups in total. The lowest BCUT2D eigenvalue weighted by Gasteiger charge is -2.34. The lowest BCUT2D eigenvalue weighted by molar-refractivity contribution is -0.121. The third-order valence-corrected chi connectivity index (χ3v) is 4.63. The predicted molar refractivity (Wildman–Crippen MR) is 97.1 cm³/mol. The molecule has 5 nitrogen and oxygen atoms in total. The molecule has 1 aromatic carbocycles. The Hall–Kier alpha value is -2.31. The van der Waals surface area contributed by atoms with Crippen LogP contribution >= 0.6 is 0 Å². The number of aryl methyl sites for hydroxylation is 1.